The Hall–Kier alpha value is -3.70. The van der Waals surface area contributed by atoms with Crippen molar-refractivity contribution in [3.8, 4) is 0 Å². The molecule has 0 saturated heterocycles. The zero-order valence-electron chi connectivity index (χ0n) is 40.1. The molecule has 2 amide bonds. The van der Waals surface area contributed by atoms with Gasteiger partial charge in [-0.05, 0) is 190 Å². The molecule has 12 aliphatic rings. The zero-order chi connectivity index (χ0) is 45.1. The topological polar surface area (TPSA) is 146 Å². The number of hydrogen-bond donors (Lipinski definition) is 2. The normalized spacial score (nSPS) is 35.3. The largest absolute Gasteiger partial charge is 0.466 e. The maximum absolute atomic E-state index is 13.7. The number of nitrogens with zero attached hydrogens (tertiary/aromatic N) is 4. The molecule has 12 nitrogen and oxygen atoms in total. The maximum atomic E-state index is 13.7. The quantitative estimate of drug-likeness (QED) is 0.225. The fourth-order valence-corrected chi connectivity index (χ4v) is 16.6. The highest BCUT2D eigenvalue weighted by molar-refractivity contribution is 5.95. The standard InChI is InChI=1S/2C27H39N3O3/c2*1-2-33-27(32)18-8-9-23-22(15-18)25(29-30(23)21-6-4-3-5-7-21)26(31)28-24-19-11-16-10-17(13-19)14-20(24)12-16/h2*16-21,24H,2-15H2,1H3,(H,28,31)/t2*16?,17?,18-,19?,20?,24?/m10/s1. The number of hydrogen-bond acceptors (Lipinski definition) is 8. The second-order valence-corrected chi connectivity index (χ2v) is 23.3. The smallest absolute Gasteiger partial charge is 0.309 e. The van der Waals surface area contributed by atoms with Gasteiger partial charge in [-0.15, -0.1) is 0 Å². The Labute approximate surface area is 392 Å². The van der Waals surface area contributed by atoms with Crippen molar-refractivity contribution < 1.29 is 28.7 Å². The van der Waals surface area contributed by atoms with E-state index in [1.807, 2.05) is 13.8 Å². The highest BCUT2D eigenvalue weighted by Gasteiger charge is 2.51. The minimum atomic E-state index is -0.158. The molecule has 0 aromatic carbocycles. The van der Waals surface area contributed by atoms with E-state index in [-0.39, 0.29) is 35.6 Å². The van der Waals surface area contributed by atoms with Gasteiger partial charge in [0.25, 0.3) is 11.8 Å². The van der Waals surface area contributed by atoms with Crippen LogP contribution in [0.25, 0.3) is 0 Å². The molecule has 0 radical (unpaired) electrons. The second-order valence-electron chi connectivity index (χ2n) is 23.3. The van der Waals surface area contributed by atoms with Gasteiger partial charge in [0, 0.05) is 34.6 Å². The van der Waals surface area contributed by atoms with Gasteiger partial charge in [0.15, 0.2) is 11.4 Å². The van der Waals surface area contributed by atoms with Crippen LogP contribution in [0, 0.1) is 59.2 Å². The first-order valence-electron chi connectivity index (χ1n) is 27.4. The lowest BCUT2D eigenvalue weighted by atomic mass is 9.54. The lowest BCUT2D eigenvalue weighted by Gasteiger charge is -2.54. The highest BCUT2D eigenvalue weighted by atomic mass is 16.5. The number of amides is 2. The molecule has 66 heavy (non-hydrogen) atoms. The van der Waals surface area contributed by atoms with Crippen molar-refractivity contribution in [3.05, 3.63) is 33.9 Å². The predicted octanol–water partition coefficient (Wildman–Crippen LogP) is 9.22. The van der Waals surface area contributed by atoms with Crippen molar-refractivity contribution >= 4 is 23.8 Å². The molecule has 10 saturated carbocycles. The number of carbonyl (C=O) groups excluding carboxylic acids is 4. The number of carbonyl (C=O) groups is 4. The van der Waals surface area contributed by atoms with E-state index in [9.17, 15) is 19.2 Å². The monoisotopic (exact) mass is 907 g/mol. The van der Waals surface area contributed by atoms with Crippen molar-refractivity contribution in [2.45, 2.75) is 205 Å². The van der Waals surface area contributed by atoms with Crippen LogP contribution in [-0.4, -0.2) is 68.6 Å². The first-order valence-corrected chi connectivity index (χ1v) is 27.4. The maximum Gasteiger partial charge on any atom is 0.309 e. The predicted molar refractivity (Wildman–Crippen MR) is 250 cm³/mol. The summed E-state index contributed by atoms with van der Waals surface area (Å²) < 4.78 is 15.1. The number of fused-ring (bicyclic) bond motifs is 2. The number of ether oxygens (including phenoxy) is 2. The molecule has 2 aromatic heterocycles. The van der Waals surface area contributed by atoms with E-state index in [1.165, 1.54) is 114 Å². The Kier molecular flexibility index (Phi) is 12.9. The molecule has 2 aromatic rings. The van der Waals surface area contributed by atoms with E-state index >= 15 is 0 Å². The van der Waals surface area contributed by atoms with E-state index < -0.39 is 0 Å². The van der Waals surface area contributed by atoms with Gasteiger partial charge in [-0.25, -0.2) is 0 Å². The number of esters is 2. The minimum absolute atomic E-state index is 0.00258. The van der Waals surface area contributed by atoms with Crippen LogP contribution in [0.15, 0.2) is 0 Å². The molecule has 14 rings (SSSR count). The molecule has 0 aliphatic heterocycles. The molecule has 0 unspecified atom stereocenters. The Morgan fingerprint density at radius 2 is 0.848 bits per heavy atom. The highest BCUT2D eigenvalue weighted by Crippen LogP contribution is 2.55. The summed E-state index contributed by atoms with van der Waals surface area (Å²) in [5.74, 6) is 5.60. The van der Waals surface area contributed by atoms with Crippen molar-refractivity contribution in [3.63, 3.8) is 0 Å². The van der Waals surface area contributed by atoms with Crippen LogP contribution >= 0.6 is 0 Å². The van der Waals surface area contributed by atoms with Crippen molar-refractivity contribution in [2.75, 3.05) is 13.2 Å². The summed E-state index contributed by atoms with van der Waals surface area (Å²) in [5, 5.41) is 16.9. The van der Waals surface area contributed by atoms with Crippen LogP contribution in [0.5, 0.6) is 0 Å². The fourth-order valence-electron chi connectivity index (χ4n) is 16.6. The van der Waals surface area contributed by atoms with Crippen LogP contribution in [0.1, 0.15) is 211 Å². The molecule has 10 fully saturated rings. The lowest BCUT2D eigenvalue weighted by molar-refractivity contribution is -0.149. The third-order valence-corrected chi connectivity index (χ3v) is 19.2. The van der Waals surface area contributed by atoms with Gasteiger partial charge in [0.05, 0.1) is 37.1 Å². The average Bonchev–Trinajstić information content (AvgIpc) is 3.91. The molecule has 0 spiro atoms. The van der Waals surface area contributed by atoms with E-state index in [0.717, 1.165) is 86.2 Å². The van der Waals surface area contributed by atoms with Crippen LogP contribution in [-0.2, 0) is 44.7 Å². The summed E-state index contributed by atoms with van der Waals surface area (Å²) in [7, 11) is 0. The number of rotatable bonds is 10. The van der Waals surface area contributed by atoms with Crippen LogP contribution in [0.4, 0.5) is 0 Å². The van der Waals surface area contributed by atoms with Crippen molar-refractivity contribution in [1.29, 1.82) is 0 Å². The summed E-state index contributed by atoms with van der Waals surface area (Å²) in [6.45, 7) is 4.53. The Morgan fingerprint density at radius 3 is 1.18 bits per heavy atom. The van der Waals surface area contributed by atoms with E-state index in [0.29, 0.717) is 85.3 Å². The molecular weight excluding hydrogens is 829 g/mol. The molecule has 360 valence electrons. The molecule has 2 atom stereocenters. The SMILES string of the molecule is CCOC(=O)[C@@H]1CCc2c(c(C(=O)NC3C4CC5CC(C4)CC3C5)nn2C2CCCCC2)C1.CCOC(=O)[C@H]1CCc2c(c(C(=O)NC3C4CC5CC(C4)CC3C5)nn2C2CCCCC2)C1. The Morgan fingerprint density at radius 1 is 0.500 bits per heavy atom. The van der Waals surface area contributed by atoms with E-state index in [4.69, 9.17) is 19.7 Å². The van der Waals surface area contributed by atoms with Gasteiger partial charge in [0.1, 0.15) is 0 Å². The van der Waals surface area contributed by atoms with E-state index in [1.54, 1.807) is 0 Å². The summed E-state index contributed by atoms with van der Waals surface area (Å²) >= 11 is 0. The first-order chi connectivity index (χ1) is 32.2. The number of nitrogens with one attached hydrogen (secondary N) is 2. The average molecular weight is 907 g/mol. The molecule has 12 aliphatic carbocycles. The van der Waals surface area contributed by atoms with Gasteiger partial charge >= 0.3 is 11.9 Å². The summed E-state index contributed by atoms with van der Waals surface area (Å²) in [6.07, 6.45) is 29.7. The molecule has 2 N–H and O–H groups in total. The zero-order valence-corrected chi connectivity index (χ0v) is 40.1. The van der Waals surface area contributed by atoms with Crippen molar-refractivity contribution in [2.24, 2.45) is 59.2 Å². The Bertz CT molecular complexity index is 1920. The van der Waals surface area contributed by atoms with Gasteiger partial charge in [0.2, 0.25) is 0 Å². The van der Waals surface area contributed by atoms with Crippen molar-refractivity contribution in [1.82, 2.24) is 30.2 Å². The number of aromatic nitrogens is 4. The molecular formula is C54H78N6O6. The summed E-state index contributed by atoms with van der Waals surface area (Å²) in [6, 6.07) is 1.42. The molecule has 12 heteroatoms. The second kappa shape index (κ2) is 19.0. The van der Waals surface area contributed by atoms with Crippen LogP contribution < -0.4 is 10.6 Å². The molecule has 8 bridgehead atoms. The first kappa shape index (κ1) is 44.8. The summed E-state index contributed by atoms with van der Waals surface area (Å²) in [4.78, 5) is 52.5. The van der Waals surface area contributed by atoms with Gasteiger partial charge in [-0.2, -0.15) is 10.2 Å². The third-order valence-electron chi connectivity index (χ3n) is 19.2. The van der Waals surface area contributed by atoms with Gasteiger partial charge in [-0.3, -0.25) is 28.5 Å². The van der Waals surface area contributed by atoms with Crippen LogP contribution in [0.2, 0.25) is 0 Å². The molecule has 2 heterocycles. The fraction of sp³-hybridized carbons (Fsp3) is 0.815. The Balaban J connectivity index is 0.000000146. The third kappa shape index (κ3) is 8.68. The summed E-state index contributed by atoms with van der Waals surface area (Å²) in [5.41, 5.74) is 5.64. The van der Waals surface area contributed by atoms with Crippen LogP contribution in [0.3, 0.4) is 0 Å². The van der Waals surface area contributed by atoms with Gasteiger partial charge in [-0.1, -0.05) is 38.5 Å². The van der Waals surface area contributed by atoms with E-state index in [2.05, 4.69) is 20.0 Å². The minimum Gasteiger partial charge on any atom is -0.466 e. The van der Waals surface area contributed by atoms with Gasteiger partial charge < -0.3 is 20.1 Å². The lowest BCUT2D eigenvalue weighted by Crippen LogP contribution is -2.56.